The highest BCUT2D eigenvalue weighted by Crippen LogP contribution is 2.34. The fourth-order valence-corrected chi connectivity index (χ4v) is 4.11. The second-order valence-electron chi connectivity index (χ2n) is 5.61. The van der Waals surface area contributed by atoms with Crippen LogP contribution in [-0.2, 0) is 16.0 Å². The summed E-state index contributed by atoms with van der Waals surface area (Å²) in [5.74, 6) is 0.799. The lowest BCUT2D eigenvalue weighted by molar-refractivity contribution is -0.148. The number of piperidine rings is 1. The highest BCUT2D eigenvalue weighted by Gasteiger charge is 2.28. The van der Waals surface area contributed by atoms with Crippen LogP contribution in [0.4, 0.5) is 5.82 Å². The Kier molecular flexibility index (Phi) is 5.02. The number of hydrogen-bond acceptors (Lipinski definition) is 6. The van der Waals surface area contributed by atoms with Gasteiger partial charge in [0.05, 0.1) is 17.9 Å². The normalized spacial score (nSPS) is 16.0. The van der Waals surface area contributed by atoms with Gasteiger partial charge in [-0.1, -0.05) is 6.92 Å². The van der Waals surface area contributed by atoms with Crippen molar-refractivity contribution in [2.45, 2.75) is 33.1 Å². The second-order valence-corrected chi connectivity index (χ2v) is 7.07. The van der Waals surface area contributed by atoms with Gasteiger partial charge in [0.15, 0.2) is 0 Å². The van der Waals surface area contributed by atoms with Crippen LogP contribution in [0.15, 0.2) is 6.07 Å². The molecule has 0 saturated carbocycles. The average Bonchev–Trinajstić information content (AvgIpc) is 2.97. The van der Waals surface area contributed by atoms with Crippen LogP contribution in [0, 0.1) is 5.92 Å². The van der Waals surface area contributed by atoms with Gasteiger partial charge in [-0.15, -0.1) is 11.3 Å². The molecular weight excluding hydrogens is 334 g/mol. The smallest absolute Gasteiger partial charge is 0.309 e. The maximum absolute atomic E-state index is 11.9. The molecule has 1 aliphatic rings. The second kappa shape index (κ2) is 7.01. The zero-order valence-electron chi connectivity index (χ0n) is 13.3. The SMILES string of the molecule is CCOC(=O)C1CCN(c2nc(Cl)nc3sc(CC)cc23)CC1. The van der Waals surface area contributed by atoms with E-state index < -0.39 is 0 Å². The lowest BCUT2D eigenvalue weighted by atomic mass is 9.97. The number of carbonyl (C=O) groups is 1. The number of anilines is 1. The Morgan fingerprint density at radius 1 is 1.39 bits per heavy atom. The van der Waals surface area contributed by atoms with E-state index in [4.69, 9.17) is 16.3 Å². The zero-order valence-corrected chi connectivity index (χ0v) is 14.9. The van der Waals surface area contributed by atoms with Crippen molar-refractivity contribution in [3.8, 4) is 0 Å². The van der Waals surface area contributed by atoms with Crippen LogP contribution in [0.3, 0.4) is 0 Å². The molecule has 2 aromatic rings. The Balaban J connectivity index is 1.81. The minimum atomic E-state index is -0.0816. The van der Waals surface area contributed by atoms with Gasteiger partial charge in [0, 0.05) is 18.0 Å². The summed E-state index contributed by atoms with van der Waals surface area (Å²) in [5, 5.41) is 1.34. The van der Waals surface area contributed by atoms with E-state index in [1.807, 2.05) is 6.92 Å². The fourth-order valence-electron chi connectivity index (χ4n) is 2.93. The first-order valence-corrected chi connectivity index (χ1v) is 9.19. The van der Waals surface area contributed by atoms with Crippen molar-refractivity contribution in [2.75, 3.05) is 24.6 Å². The van der Waals surface area contributed by atoms with Crippen molar-refractivity contribution in [3.05, 3.63) is 16.2 Å². The summed E-state index contributed by atoms with van der Waals surface area (Å²) >= 11 is 7.76. The molecule has 0 amide bonds. The summed E-state index contributed by atoms with van der Waals surface area (Å²) in [7, 11) is 0. The molecule has 1 fully saturated rings. The molecule has 2 aromatic heterocycles. The molecule has 0 aliphatic carbocycles. The Morgan fingerprint density at radius 3 is 2.78 bits per heavy atom. The van der Waals surface area contributed by atoms with Crippen molar-refractivity contribution >= 4 is 44.9 Å². The molecule has 0 radical (unpaired) electrons. The summed E-state index contributed by atoms with van der Waals surface area (Å²) in [4.78, 5) is 25.1. The fraction of sp³-hybridized carbons (Fsp3) is 0.562. The van der Waals surface area contributed by atoms with Crippen LogP contribution in [0.5, 0.6) is 0 Å². The number of esters is 1. The molecule has 0 atom stereocenters. The van der Waals surface area contributed by atoms with E-state index in [-0.39, 0.29) is 17.2 Å². The molecule has 1 aliphatic heterocycles. The molecule has 0 N–H and O–H groups in total. The predicted molar refractivity (Wildman–Crippen MR) is 93.4 cm³/mol. The first-order valence-electron chi connectivity index (χ1n) is 7.99. The minimum Gasteiger partial charge on any atom is -0.466 e. The third-order valence-corrected chi connectivity index (χ3v) is 5.50. The number of fused-ring (bicyclic) bond motifs is 1. The van der Waals surface area contributed by atoms with Crippen LogP contribution in [0.2, 0.25) is 5.28 Å². The number of hydrogen-bond donors (Lipinski definition) is 0. The monoisotopic (exact) mass is 353 g/mol. The van der Waals surface area contributed by atoms with E-state index in [9.17, 15) is 4.79 Å². The largest absolute Gasteiger partial charge is 0.466 e. The van der Waals surface area contributed by atoms with Crippen LogP contribution in [-0.4, -0.2) is 35.6 Å². The number of ether oxygens (including phenoxy) is 1. The molecule has 3 heterocycles. The van der Waals surface area contributed by atoms with Crippen molar-refractivity contribution < 1.29 is 9.53 Å². The van der Waals surface area contributed by atoms with E-state index >= 15 is 0 Å². The highest BCUT2D eigenvalue weighted by atomic mass is 35.5. The molecule has 23 heavy (non-hydrogen) atoms. The van der Waals surface area contributed by atoms with E-state index in [1.54, 1.807) is 11.3 Å². The van der Waals surface area contributed by atoms with E-state index in [1.165, 1.54) is 4.88 Å². The van der Waals surface area contributed by atoms with Gasteiger partial charge < -0.3 is 9.64 Å². The summed E-state index contributed by atoms with van der Waals surface area (Å²) in [5.41, 5.74) is 0. The third-order valence-electron chi connectivity index (χ3n) is 4.16. The Morgan fingerprint density at radius 2 is 2.13 bits per heavy atom. The standard InChI is InChI=1S/C16H20ClN3O2S/c1-3-11-9-12-13(18-16(17)19-14(12)23-11)20-7-5-10(6-8-20)15(21)22-4-2/h9-10H,3-8H2,1-2H3. The van der Waals surface area contributed by atoms with Crippen molar-refractivity contribution in [1.29, 1.82) is 0 Å². The Hall–Kier alpha value is -1.40. The van der Waals surface area contributed by atoms with E-state index in [0.29, 0.717) is 6.61 Å². The maximum Gasteiger partial charge on any atom is 0.309 e. The van der Waals surface area contributed by atoms with Gasteiger partial charge in [-0.05, 0) is 43.9 Å². The molecule has 5 nitrogen and oxygen atoms in total. The van der Waals surface area contributed by atoms with Crippen LogP contribution in [0.25, 0.3) is 10.2 Å². The Bertz CT molecular complexity index is 711. The molecular formula is C16H20ClN3O2S. The van der Waals surface area contributed by atoms with E-state index in [0.717, 1.165) is 48.4 Å². The number of rotatable bonds is 4. The van der Waals surface area contributed by atoms with Gasteiger partial charge in [0.2, 0.25) is 5.28 Å². The Labute approximate surface area is 144 Å². The zero-order chi connectivity index (χ0) is 16.4. The number of aromatic nitrogens is 2. The quantitative estimate of drug-likeness (QED) is 0.619. The van der Waals surface area contributed by atoms with Crippen molar-refractivity contribution in [2.24, 2.45) is 5.92 Å². The van der Waals surface area contributed by atoms with Gasteiger partial charge in [-0.25, -0.2) is 4.98 Å². The molecule has 0 unspecified atom stereocenters. The summed E-state index contributed by atoms with van der Waals surface area (Å²) in [6, 6.07) is 2.16. The minimum absolute atomic E-state index is 0.00678. The molecule has 1 saturated heterocycles. The van der Waals surface area contributed by atoms with Gasteiger partial charge in [-0.3, -0.25) is 4.79 Å². The molecule has 124 valence electrons. The summed E-state index contributed by atoms with van der Waals surface area (Å²) in [6.45, 7) is 5.97. The lowest BCUT2D eigenvalue weighted by Gasteiger charge is -2.32. The van der Waals surface area contributed by atoms with E-state index in [2.05, 4.69) is 27.9 Å². The first kappa shape index (κ1) is 16.5. The number of aryl methyl sites for hydroxylation is 1. The maximum atomic E-state index is 11.9. The topological polar surface area (TPSA) is 55.3 Å². The number of nitrogens with zero attached hydrogens (tertiary/aromatic N) is 3. The van der Waals surface area contributed by atoms with Gasteiger partial charge in [-0.2, -0.15) is 4.98 Å². The first-order chi connectivity index (χ1) is 11.1. The average molecular weight is 354 g/mol. The van der Waals surface area contributed by atoms with Crippen molar-refractivity contribution in [3.63, 3.8) is 0 Å². The van der Waals surface area contributed by atoms with Crippen molar-refractivity contribution in [1.82, 2.24) is 9.97 Å². The highest BCUT2D eigenvalue weighted by molar-refractivity contribution is 7.18. The van der Waals surface area contributed by atoms with Crippen LogP contribution < -0.4 is 4.90 Å². The van der Waals surface area contributed by atoms with Gasteiger partial charge >= 0.3 is 5.97 Å². The predicted octanol–water partition coefficient (Wildman–Crippen LogP) is 3.69. The molecule has 7 heteroatoms. The van der Waals surface area contributed by atoms with Gasteiger partial charge in [0.1, 0.15) is 10.6 Å². The third kappa shape index (κ3) is 3.43. The summed E-state index contributed by atoms with van der Waals surface area (Å²) in [6.07, 6.45) is 2.54. The van der Waals surface area contributed by atoms with Crippen LogP contribution in [0.1, 0.15) is 31.6 Å². The van der Waals surface area contributed by atoms with Gasteiger partial charge in [0.25, 0.3) is 0 Å². The molecule has 0 spiro atoms. The summed E-state index contributed by atoms with van der Waals surface area (Å²) < 4.78 is 5.13. The number of halogens is 1. The molecule has 3 rings (SSSR count). The number of thiophene rings is 1. The molecule has 0 aromatic carbocycles. The molecule has 0 bridgehead atoms. The number of carbonyl (C=O) groups excluding carboxylic acids is 1. The lowest BCUT2D eigenvalue weighted by Crippen LogP contribution is -2.37. The van der Waals surface area contributed by atoms with Crippen LogP contribution >= 0.6 is 22.9 Å².